The van der Waals surface area contributed by atoms with E-state index in [4.69, 9.17) is 27.9 Å². The van der Waals surface area contributed by atoms with E-state index in [-0.39, 0.29) is 12.5 Å². The lowest BCUT2D eigenvalue weighted by molar-refractivity contribution is -0.123. The van der Waals surface area contributed by atoms with Crippen molar-refractivity contribution in [3.05, 3.63) is 64.1 Å². The van der Waals surface area contributed by atoms with Gasteiger partial charge in [0.25, 0.3) is 5.91 Å². The van der Waals surface area contributed by atoms with Crippen molar-refractivity contribution in [1.82, 2.24) is 5.43 Å². The van der Waals surface area contributed by atoms with Crippen LogP contribution >= 0.6 is 23.2 Å². The molecule has 0 spiro atoms. The molecule has 0 saturated heterocycles. The minimum Gasteiger partial charge on any atom is -0.484 e. The van der Waals surface area contributed by atoms with E-state index in [0.29, 0.717) is 21.5 Å². The summed E-state index contributed by atoms with van der Waals surface area (Å²) in [6.45, 7) is 1.65. The highest BCUT2D eigenvalue weighted by Gasteiger charge is 2.03. The Morgan fingerprint density at radius 1 is 1.14 bits per heavy atom. The summed E-state index contributed by atoms with van der Waals surface area (Å²) < 4.78 is 5.32. The molecule has 0 aromatic heterocycles. The number of rotatable bonds is 5. The number of halogens is 2. The number of nitrogens with one attached hydrogen (secondary N) is 1. The van der Waals surface area contributed by atoms with Crippen LogP contribution in [0.25, 0.3) is 0 Å². The average Bonchev–Trinajstić information content (AvgIpc) is 2.52. The van der Waals surface area contributed by atoms with Crippen LogP contribution in [-0.2, 0) is 4.79 Å². The fourth-order valence-corrected chi connectivity index (χ4v) is 1.95. The van der Waals surface area contributed by atoms with E-state index in [0.717, 1.165) is 5.56 Å². The zero-order valence-corrected chi connectivity index (χ0v) is 13.4. The highest BCUT2D eigenvalue weighted by atomic mass is 35.5. The van der Waals surface area contributed by atoms with Gasteiger partial charge < -0.3 is 4.74 Å². The summed E-state index contributed by atoms with van der Waals surface area (Å²) in [5, 5.41) is 5.24. The number of carbonyl (C=O) groups excluding carboxylic acids is 1. The lowest BCUT2D eigenvalue weighted by Gasteiger charge is -2.06. The third kappa shape index (κ3) is 5.06. The first kappa shape index (κ1) is 16.3. The first-order chi connectivity index (χ1) is 10.5. The number of hydrazone groups is 1. The highest BCUT2D eigenvalue weighted by molar-refractivity contribution is 6.31. The molecule has 0 aliphatic carbocycles. The minimum absolute atomic E-state index is 0.131. The molecule has 1 N–H and O–H groups in total. The maximum atomic E-state index is 11.7. The second kappa shape index (κ2) is 7.82. The molecule has 0 atom stereocenters. The Balaban J connectivity index is 1.86. The number of nitrogens with zero attached hydrogens (tertiary/aromatic N) is 1. The molecule has 4 nitrogen and oxygen atoms in total. The van der Waals surface area contributed by atoms with Crippen molar-refractivity contribution in [3.63, 3.8) is 0 Å². The molecule has 0 aliphatic heterocycles. The van der Waals surface area contributed by atoms with Gasteiger partial charge in [0.15, 0.2) is 6.61 Å². The summed E-state index contributed by atoms with van der Waals surface area (Å²) in [5.74, 6) is 0.214. The molecule has 1 amide bonds. The molecule has 2 aromatic carbocycles. The summed E-state index contributed by atoms with van der Waals surface area (Å²) in [6.07, 6.45) is 0. The van der Waals surface area contributed by atoms with Gasteiger partial charge in [-0.05, 0) is 48.9 Å². The zero-order chi connectivity index (χ0) is 15.9. The second-order valence-corrected chi connectivity index (χ2v) is 5.36. The van der Waals surface area contributed by atoms with Gasteiger partial charge in [0, 0.05) is 10.0 Å². The van der Waals surface area contributed by atoms with Crippen LogP contribution < -0.4 is 10.2 Å². The van der Waals surface area contributed by atoms with Crippen molar-refractivity contribution in [1.29, 1.82) is 0 Å². The largest absolute Gasteiger partial charge is 0.484 e. The summed E-state index contributed by atoms with van der Waals surface area (Å²) in [7, 11) is 0. The van der Waals surface area contributed by atoms with E-state index in [2.05, 4.69) is 10.5 Å². The van der Waals surface area contributed by atoms with E-state index in [9.17, 15) is 4.79 Å². The van der Waals surface area contributed by atoms with Crippen LogP contribution in [0.3, 0.4) is 0 Å². The Morgan fingerprint density at radius 2 is 1.86 bits per heavy atom. The number of amides is 1. The highest BCUT2D eigenvalue weighted by Crippen LogP contribution is 2.15. The third-order valence-electron chi connectivity index (χ3n) is 2.77. The normalized spacial score (nSPS) is 11.1. The SMILES string of the molecule is C/C(=N/NC(=O)COc1ccc(Cl)cc1)c1cccc(Cl)c1. The molecule has 0 heterocycles. The predicted molar refractivity (Wildman–Crippen MR) is 88.8 cm³/mol. The molecule has 2 aromatic rings. The summed E-state index contributed by atoms with van der Waals surface area (Å²) in [5.41, 5.74) is 3.93. The molecule has 0 fully saturated rings. The van der Waals surface area contributed by atoms with Gasteiger partial charge in [-0.25, -0.2) is 5.43 Å². The lowest BCUT2D eigenvalue weighted by Crippen LogP contribution is -2.25. The van der Waals surface area contributed by atoms with Crippen LogP contribution in [0.4, 0.5) is 0 Å². The Bertz CT molecular complexity index is 685. The zero-order valence-electron chi connectivity index (χ0n) is 11.8. The van der Waals surface area contributed by atoms with Gasteiger partial charge in [-0.3, -0.25) is 4.79 Å². The predicted octanol–water partition coefficient (Wildman–Crippen LogP) is 3.91. The van der Waals surface area contributed by atoms with E-state index < -0.39 is 0 Å². The number of hydrogen-bond donors (Lipinski definition) is 1. The molecule has 0 unspecified atom stereocenters. The number of benzene rings is 2. The molecule has 0 bridgehead atoms. The Morgan fingerprint density at radius 3 is 2.55 bits per heavy atom. The lowest BCUT2D eigenvalue weighted by atomic mass is 10.1. The Kier molecular flexibility index (Phi) is 5.81. The van der Waals surface area contributed by atoms with Crippen LogP contribution in [0.15, 0.2) is 53.6 Å². The third-order valence-corrected chi connectivity index (χ3v) is 3.26. The minimum atomic E-state index is -0.351. The molecular formula is C16H14Cl2N2O2. The van der Waals surface area contributed by atoms with Gasteiger partial charge in [0.05, 0.1) is 5.71 Å². The van der Waals surface area contributed by atoms with E-state index >= 15 is 0 Å². The molecule has 2 rings (SSSR count). The molecule has 6 heteroatoms. The van der Waals surface area contributed by atoms with Gasteiger partial charge in [0.2, 0.25) is 0 Å². The molecule has 114 valence electrons. The maximum Gasteiger partial charge on any atom is 0.277 e. The van der Waals surface area contributed by atoms with Gasteiger partial charge in [-0.15, -0.1) is 0 Å². The standard InChI is InChI=1S/C16H14Cl2N2O2/c1-11(12-3-2-4-14(18)9-12)19-20-16(21)10-22-15-7-5-13(17)6-8-15/h2-9H,10H2,1H3,(H,20,21)/b19-11-. The van der Waals surface area contributed by atoms with Gasteiger partial charge in [-0.2, -0.15) is 5.10 Å². The number of carbonyl (C=O) groups is 1. The summed E-state index contributed by atoms with van der Waals surface area (Å²) >= 11 is 11.7. The first-order valence-corrected chi connectivity index (χ1v) is 7.27. The quantitative estimate of drug-likeness (QED) is 0.664. The van der Waals surface area contributed by atoms with Crippen molar-refractivity contribution in [3.8, 4) is 5.75 Å². The summed E-state index contributed by atoms with van der Waals surface area (Å²) in [6, 6.07) is 14.0. The Hall–Kier alpha value is -2.04. The van der Waals surface area contributed by atoms with Crippen molar-refractivity contribution >= 4 is 34.8 Å². The monoisotopic (exact) mass is 336 g/mol. The van der Waals surface area contributed by atoms with Crippen LogP contribution in [0.5, 0.6) is 5.75 Å². The van der Waals surface area contributed by atoms with Crippen LogP contribution in [-0.4, -0.2) is 18.2 Å². The fourth-order valence-electron chi connectivity index (χ4n) is 1.64. The van der Waals surface area contributed by atoms with Crippen LogP contribution in [0.1, 0.15) is 12.5 Å². The van der Waals surface area contributed by atoms with E-state index in [1.54, 1.807) is 43.3 Å². The molecule has 0 aliphatic rings. The van der Waals surface area contributed by atoms with Crippen molar-refractivity contribution in [2.24, 2.45) is 5.10 Å². The van der Waals surface area contributed by atoms with Gasteiger partial charge in [-0.1, -0.05) is 35.3 Å². The fraction of sp³-hybridized carbons (Fsp3) is 0.125. The van der Waals surface area contributed by atoms with E-state index in [1.165, 1.54) is 0 Å². The smallest absolute Gasteiger partial charge is 0.277 e. The van der Waals surface area contributed by atoms with Crippen LogP contribution in [0, 0.1) is 0 Å². The van der Waals surface area contributed by atoms with Gasteiger partial charge in [0.1, 0.15) is 5.75 Å². The van der Waals surface area contributed by atoms with Crippen molar-refractivity contribution < 1.29 is 9.53 Å². The van der Waals surface area contributed by atoms with E-state index in [1.807, 2.05) is 12.1 Å². The van der Waals surface area contributed by atoms with Crippen molar-refractivity contribution in [2.45, 2.75) is 6.92 Å². The topological polar surface area (TPSA) is 50.7 Å². The second-order valence-electron chi connectivity index (χ2n) is 4.49. The number of hydrogen-bond acceptors (Lipinski definition) is 3. The molecular weight excluding hydrogens is 323 g/mol. The molecule has 22 heavy (non-hydrogen) atoms. The average molecular weight is 337 g/mol. The first-order valence-electron chi connectivity index (χ1n) is 6.52. The van der Waals surface area contributed by atoms with Gasteiger partial charge >= 0.3 is 0 Å². The molecule has 0 radical (unpaired) electrons. The number of ether oxygens (including phenoxy) is 1. The molecule has 0 saturated carbocycles. The van der Waals surface area contributed by atoms with Crippen molar-refractivity contribution in [2.75, 3.05) is 6.61 Å². The maximum absolute atomic E-state index is 11.7. The van der Waals surface area contributed by atoms with Crippen LogP contribution in [0.2, 0.25) is 10.0 Å². The summed E-state index contributed by atoms with van der Waals surface area (Å²) in [4.78, 5) is 11.7. The Labute approximate surface area is 138 Å².